The monoisotopic (exact) mass is 830 g/mol. The number of phenols is 1. The van der Waals surface area contributed by atoms with Crippen molar-refractivity contribution >= 4 is 46.2 Å². The molecule has 5 N–H and O–H groups in total. The number of thioether (sulfide) groups is 1. The second-order valence-corrected chi connectivity index (χ2v) is 16.5. The van der Waals surface area contributed by atoms with E-state index in [0.29, 0.717) is 15.9 Å². The van der Waals surface area contributed by atoms with Gasteiger partial charge in [-0.05, 0) is 32.1 Å². The van der Waals surface area contributed by atoms with E-state index >= 15 is 0 Å². The fourth-order valence-electron chi connectivity index (χ4n) is 7.88. The highest BCUT2D eigenvalue weighted by molar-refractivity contribution is 8.17. The molecule has 4 aliphatic rings. The summed E-state index contributed by atoms with van der Waals surface area (Å²) in [5.74, 6) is -6.98. The summed E-state index contributed by atoms with van der Waals surface area (Å²) in [6.45, 7) is 12.7. The molecule has 0 spiro atoms. The van der Waals surface area contributed by atoms with Crippen LogP contribution in [0.25, 0.3) is 0 Å². The van der Waals surface area contributed by atoms with Crippen LogP contribution in [0.1, 0.15) is 86.4 Å². The summed E-state index contributed by atoms with van der Waals surface area (Å²) in [6, 6.07) is 4.22. The van der Waals surface area contributed by atoms with Gasteiger partial charge in [0.25, 0.3) is 11.7 Å². The maximum absolute atomic E-state index is 14.6. The Morgan fingerprint density at radius 2 is 1.75 bits per heavy atom. The van der Waals surface area contributed by atoms with Gasteiger partial charge in [-0.1, -0.05) is 63.8 Å². The molecule has 4 heterocycles. The summed E-state index contributed by atoms with van der Waals surface area (Å²) >= 11 is 1.08. The molecule has 1 aromatic carbocycles. The third-order valence-corrected chi connectivity index (χ3v) is 12.5. The Balaban J connectivity index is 1.49. The van der Waals surface area contributed by atoms with Crippen LogP contribution in [-0.2, 0) is 23.8 Å². The summed E-state index contributed by atoms with van der Waals surface area (Å²) in [7, 11) is 1.45. The number of esters is 1. The van der Waals surface area contributed by atoms with Crippen molar-refractivity contribution in [1.29, 1.82) is 0 Å². The van der Waals surface area contributed by atoms with Crippen LogP contribution in [0.4, 0.5) is 5.82 Å². The number of benzene rings is 1. The third-order valence-electron chi connectivity index (χ3n) is 11.4. The summed E-state index contributed by atoms with van der Waals surface area (Å²) in [6.07, 6.45) is 5.34. The molecular formula is C43H50N4O11S. The van der Waals surface area contributed by atoms with Crippen LogP contribution in [-0.4, -0.2) is 86.2 Å². The van der Waals surface area contributed by atoms with Crippen LogP contribution in [0.5, 0.6) is 11.5 Å². The first kappa shape index (κ1) is 43.3. The second-order valence-electron chi connectivity index (χ2n) is 15.5. The minimum atomic E-state index is -1.98. The number of aliphatic hydroxyl groups excluding tert-OH is 2. The quantitative estimate of drug-likeness (QED) is 0.244. The molecule has 0 radical (unpaired) electrons. The lowest BCUT2D eigenvalue weighted by Gasteiger charge is -2.38. The predicted octanol–water partition coefficient (Wildman–Crippen LogP) is 5.43. The molecule has 16 heteroatoms. The summed E-state index contributed by atoms with van der Waals surface area (Å²) in [4.78, 5) is 64.7. The van der Waals surface area contributed by atoms with E-state index in [9.17, 15) is 34.5 Å². The minimum Gasteiger partial charge on any atom is -0.507 e. The minimum absolute atomic E-state index is 0.00383. The molecule has 3 aliphatic heterocycles. The Morgan fingerprint density at radius 1 is 1.02 bits per heavy atom. The maximum Gasteiger partial charge on any atom is 0.312 e. The molecular weight excluding hydrogens is 781 g/mol. The lowest BCUT2D eigenvalue weighted by molar-refractivity contribution is -0.160. The van der Waals surface area contributed by atoms with Gasteiger partial charge in [0.15, 0.2) is 5.17 Å². The lowest BCUT2D eigenvalue weighted by Crippen LogP contribution is -2.46. The van der Waals surface area contributed by atoms with Crippen molar-refractivity contribution in [1.82, 2.24) is 10.3 Å². The predicted molar refractivity (Wildman–Crippen MR) is 219 cm³/mol. The number of aromatic nitrogens is 1. The van der Waals surface area contributed by atoms with Crippen molar-refractivity contribution < 1.29 is 53.4 Å². The van der Waals surface area contributed by atoms with Crippen LogP contribution >= 0.6 is 11.8 Å². The van der Waals surface area contributed by atoms with Crippen molar-refractivity contribution in [2.75, 3.05) is 12.4 Å². The molecule has 0 saturated carbocycles. The number of carbonyl (C=O) groups excluding carboxylic acids is 4. The van der Waals surface area contributed by atoms with Gasteiger partial charge in [0.2, 0.25) is 5.78 Å². The Labute approximate surface area is 346 Å². The highest BCUT2D eigenvalue weighted by Gasteiger charge is 2.53. The number of aromatic hydroxyl groups is 1. The zero-order chi connectivity index (χ0) is 43.1. The number of hydrogen-bond donors (Lipinski definition) is 5. The molecule has 5 bridgehead atoms. The highest BCUT2D eigenvalue weighted by atomic mass is 32.2. The number of nitrogens with zero attached hydrogens (tertiary/aromatic N) is 2. The van der Waals surface area contributed by atoms with Crippen LogP contribution in [0.15, 0.2) is 76.1 Å². The van der Waals surface area contributed by atoms with E-state index in [1.807, 2.05) is 0 Å². The number of aliphatic imine (C=N–C) groups is 1. The number of amidine groups is 1. The van der Waals surface area contributed by atoms with Gasteiger partial charge in [-0.3, -0.25) is 19.2 Å². The van der Waals surface area contributed by atoms with Crippen LogP contribution in [0.2, 0.25) is 0 Å². The number of allylic oxidation sites excluding steroid dienone is 3. The fraction of sp³-hybridized carbons (Fsp3) is 0.442. The van der Waals surface area contributed by atoms with Crippen LogP contribution in [0.3, 0.4) is 0 Å². The number of ketones is 2. The van der Waals surface area contributed by atoms with E-state index in [-0.39, 0.29) is 39.3 Å². The summed E-state index contributed by atoms with van der Waals surface area (Å²) in [5, 5.41) is 40.7. The smallest absolute Gasteiger partial charge is 0.312 e. The molecule has 59 heavy (non-hydrogen) atoms. The van der Waals surface area contributed by atoms with E-state index in [1.165, 1.54) is 46.3 Å². The van der Waals surface area contributed by atoms with E-state index < -0.39 is 89.1 Å². The molecule has 1 aliphatic carbocycles. The number of phenolic OH excluding ortho intramolecular Hbond substituents is 1. The average molecular weight is 831 g/mol. The van der Waals surface area contributed by atoms with E-state index in [0.717, 1.165) is 11.8 Å². The van der Waals surface area contributed by atoms with E-state index in [4.69, 9.17) is 23.9 Å². The van der Waals surface area contributed by atoms with E-state index in [1.54, 1.807) is 71.2 Å². The van der Waals surface area contributed by atoms with Crippen molar-refractivity contribution in [2.24, 2.45) is 28.7 Å². The Bertz CT molecular complexity index is 2200. The first-order valence-electron chi connectivity index (χ1n) is 19.3. The zero-order valence-corrected chi connectivity index (χ0v) is 35.1. The molecule has 2 aromatic rings. The molecule has 6 rings (SSSR count). The average Bonchev–Trinajstić information content (AvgIpc) is 3.74. The topological polar surface area (TPSA) is 215 Å². The number of methoxy groups -OCH3 is 1. The number of carbonyl (C=O) groups is 4. The van der Waals surface area contributed by atoms with Crippen molar-refractivity contribution in [3.05, 3.63) is 93.4 Å². The molecule has 15 nitrogen and oxygen atoms in total. The first-order chi connectivity index (χ1) is 27.9. The lowest BCUT2D eigenvalue weighted by atomic mass is 9.78. The van der Waals surface area contributed by atoms with Gasteiger partial charge >= 0.3 is 11.8 Å². The van der Waals surface area contributed by atoms with Gasteiger partial charge in [-0.25, -0.2) is 9.98 Å². The van der Waals surface area contributed by atoms with Gasteiger partial charge in [0, 0.05) is 72.4 Å². The second kappa shape index (κ2) is 17.1. The zero-order valence-electron chi connectivity index (χ0n) is 34.3. The molecule has 1 aromatic heterocycles. The van der Waals surface area contributed by atoms with Crippen LogP contribution < -0.4 is 15.4 Å². The Morgan fingerprint density at radius 3 is 2.41 bits per heavy atom. The number of aliphatic hydroxyl groups is 2. The number of nitrogens with one attached hydrogen (secondary N) is 2. The summed E-state index contributed by atoms with van der Waals surface area (Å²) in [5.41, 5.74) is 0.0681. The highest BCUT2D eigenvalue weighted by Crippen LogP contribution is 2.56. The summed E-state index contributed by atoms with van der Waals surface area (Å²) < 4.78 is 23.8. The standard InChI is InChI=1S/C43H50N4O11S/c1-19-13-12-14-20(2)41(54)46-32-36(52)29-28(31-39(32)59-42(47-31)45-27-15-10-11-17-44-27)30-38(24(6)35(29)51)58-43(8,40(30)53)56-18-16-26(55-9)21(3)37(57-25(7)48)23(5)34(50)22(4)33(19)49/h10-19,21-23,26,31,33-34,37,49-51H,1-9H3,(H,46,54)(H,44,45,47)/b13-12+,18-16+,20-14+/t19-,21+,22+,23+,26-,31?,33-,34+,37+,43-/m0/s1. The van der Waals surface area contributed by atoms with Crippen LogP contribution in [0, 0.1) is 30.6 Å². The number of ether oxygens (including phenoxy) is 4. The van der Waals surface area contributed by atoms with Crippen molar-refractivity contribution in [2.45, 2.75) is 91.6 Å². The molecule has 0 fully saturated rings. The number of pyridine rings is 1. The number of fused-ring (bicyclic) bond motifs is 3. The number of Topliss-reactive ketones (excluding diaryl/α,β-unsaturated/α-hetero) is 2. The fourth-order valence-corrected chi connectivity index (χ4v) is 8.93. The largest absolute Gasteiger partial charge is 0.507 e. The van der Waals surface area contributed by atoms with Crippen molar-refractivity contribution in [3.63, 3.8) is 0 Å². The van der Waals surface area contributed by atoms with Gasteiger partial charge < -0.3 is 44.9 Å². The van der Waals surface area contributed by atoms with Gasteiger partial charge in [0.05, 0.1) is 35.7 Å². The van der Waals surface area contributed by atoms with Crippen molar-refractivity contribution in [3.8, 4) is 11.5 Å². The molecule has 1 unspecified atom stereocenters. The van der Waals surface area contributed by atoms with E-state index in [2.05, 4.69) is 15.6 Å². The number of amides is 1. The molecule has 314 valence electrons. The molecule has 0 saturated heterocycles. The van der Waals surface area contributed by atoms with Gasteiger partial charge in [-0.15, -0.1) is 0 Å². The number of rotatable bonds is 3. The van der Waals surface area contributed by atoms with Gasteiger partial charge in [-0.2, -0.15) is 0 Å². The SMILES string of the molecule is CO[C@H]1/C=C/O[C@@]2(C)Oc3c(C)c(O)c4c(c3C2=O)C2N=C(Nc3ccccn3)SC2=C(NC(=O)/C(C)=C/C=C/[C@H](C)[C@H](O)[C@@H](C)[C@@H](O)[C@@H](C)[C@H](OC(C)=O)[C@@H]1C)C4=O. The Kier molecular flexibility index (Phi) is 12.6. The number of hydrogen-bond acceptors (Lipinski definition) is 15. The normalized spacial score (nSPS) is 33.1. The number of anilines is 1. The van der Waals surface area contributed by atoms with Gasteiger partial charge in [0.1, 0.15) is 35.2 Å². The molecule has 10 atom stereocenters. The first-order valence-corrected chi connectivity index (χ1v) is 20.1. The maximum atomic E-state index is 14.6. The molecule has 1 amide bonds. The Hall–Kier alpha value is -5.29. The third kappa shape index (κ3) is 8.18.